The SMILES string of the molecule is Cc1ccc2nc(-c3ccc(NS(=O)(=O)Cc4ccc(COC=O)cc4)cc3)sc2c1. The van der Waals surface area contributed by atoms with Crippen molar-refractivity contribution < 1.29 is 17.9 Å². The maximum Gasteiger partial charge on any atom is 0.293 e. The first-order valence-corrected chi connectivity index (χ1v) is 12.0. The van der Waals surface area contributed by atoms with Gasteiger partial charge in [-0.05, 0) is 60.0 Å². The molecule has 6 nitrogen and oxygen atoms in total. The van der Waals surface area contributed by atoms with Crippen LogP contribution in [-0.4, -0.2) is 19.9 Å². The fourth-order valence-electron chi connectivity index (χ4n) is 3.13. The number of hydrogen-bond acceptors (Lipinski definition) is 6. The van der Waals surface area contributed by atoms with Gasteiger partial charge in [0.05, 0.1) is 16.0 Å². The van der Waals surface area contributed by atoms with Crippen LogP contribution in [0.2, 0.25) is 0 Å². The van der Waals surface area contributed by atoms with E-state index in [0.717, 1.165) is 26.4 Å². The Morgan fingerprint density at radius 1 is 1.00 bits per heavy atom. The van der Waals surface area contributed by atoms with Gasteiger partial charge in [0.1, 0.15) is 11.6 Å². The number of aryl methyl sites for hydroxylation is 1. The third-order valence-corrected chi connectivity index (χ3v) is 6.97. The van der Waals surface area contributed by atoms with Gasteiger partial charge >= 0.3 is 0 Å². The fourth-order valence-corrected chi connectivity index (χ4v) is 5.40. The molecule has 8 heteroatoms. The van der Waals surface area contributed by atoms with E-state index >= 15 is 0 Å². The Bertz CT molecular complexity index is 1310. The Hall–Kier alpha value is -3.23. The summed E-state index contributed by atoms with van der Waals surface area (Å²) in [7, 11) is -3.57. The van der Waals surface area contributed by atoms with E-state index < -0.39 is 10.0 Å². The van der Waals surface area contributed by atoms with Crippen molar-refractivity contribution in [3.63, 3.8) is 0 Å². The van der Waals surface area contributed by atoms with Gasteiger partial charge in [-0.3, -0.25) is 9.52 Å². The van der Waals surface area contributed by atoms with Gasteiger partial charge in [-0.15, -0.1) is 11.3 Å². The van der Waals surface area contributed by atoms with Gasteiger partial charge in [-0.1, -0.05) is 30.3 Å². The highest BCUT2D eigenvalue weighted by atomic mass is 32.2. The second-order valence-electron chi connectivity index (χ2n) is 7.15. The number of carbonyl (C=O) groups excluding carboxylic acids is 1. The zero-order chi connectivity index (χ0) is 21.8. The molecule has 0 aliphatic heterocycles. The molecule has 0 aliphatic carbocycles. The molecule has 4 aromatic rings. The molecular formula is C23H20N2O4S2. The monoisotopic (exact) mass is 452 g/mol. The van der Waals surface area contributed by atoms with Crippen LogP contribution < -0.4 is 4.72 Å². The first-order valence-electron chi connectivity index (χ1n) is 9.53. The van der Waals surface area contributed by atoms with Gasteiger partial charge in [0, 0.05) is 11.3 Å². The van der Waals surface area contributed by atoms with Crippen LogP contribution in [0.3, 0.4) is 0 Å². The standard InChI is InChI=1S/C23H20N2O4S2/c1-16-2-11-21-22(12-16)30-23(24-21)19-7-9-20(10-8-19)25-31(27,28)14-18-5-3-17(4-6-18)13-29-15-26/h2-12,15,25H,13-14H2,1H3. The second kappa shape index (κ2) is 8.87. The molecule has 158 valence electrons. The topological polar surface area (TPSA) is 85.4 Å². The van der Waals surface area contributed by atoms with Crippen LogP contribution in [0.25, 0.3) is 20.8 Å². The third kappa shape index (κ3) is 5.28. The molecule has 31 heavy (non-hydrogen) atoms. The quantitative estimate of drug-likeness (QED) is 0.385. The molecule has 0 unspecified atom stereocenters. The zero-order valence-corrected chi connectivity index (χ0v) is 18.4. The lowest BCUT2D eigenvalue weighted by molar-refractivity contribution is -0.129. The predicted molar refractivity (Wildman–Crippen MR) is 123 cm³/mol. The number of rotatable bonds is 8. The number of aromatic nitrogens is 1. The summed E-state index contributed by atoms with van der Waals surface area (Å²) in [6, 6.07) is 20.3. The molecule has 3 aromatic carbocycles. The molecule has 0 bridgehead atoms. The largest absolute Gasteiger partial charge is 0.463 e. The second-order valence-corrected chi connectivity index (χ2v) is 9.91. The van der Waals surface area contributed by atoms with E-state index in [4.69, 9.17) is 0 Å². The molecule has 0 spiro atoms. The lowest BCUT2D eigenvalue weighted by Crippen LogP contribution is -2.15. The minimum Gasteiger partial charge on any atom is -0.463 e. The van der Waals surface area contributed by atoms with E-state index in [1.165, 1.54) is 5.56 Å². The maximum atomic E-state index is 12.5. The maximum absolute atomic E-state index is 12.5. The number of ether oxygens (including phenoxy) is 1. The Morgan fingerprint density at radius 2 is 1.71 bits per heavy atom. The number of carbonyl (C=O) groups is 1. The summed E-state index contributed by atoms with van der Waals surface area (Å²) < 4.78 is 33.5. The van der Waals surface area contributed by atoms with Crippen LogP contribution >= 0.6 is 11.3 Å². The van der Waals surface area contributed by atoms with Gasteiger partial charge < -0.3 is 4.74 Å². The summed E-state index contributed by atoms with van der Waals surface area (Å²) in [4.78, 5) is 14.9. The molecule has 0 amide bonds. The molecule has 0 radical (unpaired) electrons. The van der Waals surface area contributed by atoms with Crippen LogP contribution in [0.15, 0.2) is 66.7 Å². The molecule has 0 saturated heterocycles. The van der Waals surface area contributed by atoms with E-state index in [2.05, 4.69) is 27.4 Å². The summed E-state index contributed by atoms with van der Waals surface area (Å²) in [6.07, 6.45) is 0. The average Bonchev–Trinajstić information content (AvgIpc) is 3.16. The molecule has 4 rings (SSSR count). The highest BCUT2D eigenvalue weighted by Gasteiger charge is 2.13. The zero-order valence-electron chi connectivity index (χ0n) is 16.7. The van der Waals surface area contributed by atoms with Crippen molar-refractivity contribution in [3.05, 3.63) is 83.4 Å². The number of benzene rings is 3. The van der Waals surface area contributed by atoms with Crippen molar-refractivity contribution in [2.45, 2.75) is 19.3 Å². The molecule has 0 atom stereocenters. The van der Waals surface area contributed by atoms with Gasteiger partial charge in [-0.25, -0.2) is 13.4 Å². The van der Waals surface area contributed by atoms with E-state index in [0.29, 0.717) is 17.7 Å². The van der Waals surface area contributed by atoms with Crippen molar-refractivity contribution in [3.8, 4) is 10.6 Å². The summed E-state index contributed by atoms with van der Waals surface area (Å²) in [5.74, 6) is -0.152. The number of nitrogens with zero attached hydrogens (tertiary/aromatic N) is 1. The summed E-state index contributed by atoms with van der Waals surface area (Å²) >= 11 is 1.61. The van der Waals surface area contributed by atoms with Crippen LogP contribution in [-0.2, 0) is 31.9 Å². The molecule has 0 saturated carbocycles. The van der Waals surface area contributed by atoms with Crippen molar-refractivity contribution in [2.24, 2.45) is 0 Å². The molecule has 1 N–H and O–H groups in total. The Kier molecular flexibility index (Phi) is 6.01. The first-order chi connectivity index (χ1) is 14.9. The molecule has 1 aromatic heterocycles. The minimum atomic E-state index is -3.57. The minimum absolute atomic E-state index is 0.152. The van der Waals surface area contributed by atoms with Crippen LogP contribution in [0.4, 0.5) is 5.69 Å². The summed E-state index contributed by atoms with van der Waals surface area (Å²) in [6.45, 7) is 2.59. The highest BCUT2D eigenvalue weighted by molar-refractivity contribution is 7.91. The lowest BCUT2D eigenvalue weighted by Gasteiger charge is -2.09. The van der Waals surface area contributed by atoms with Gasteiger partial charge in [0.15, 0.2) is 0 Å². The van der Waals surface area contributed by atoms with E-state index in [1.807, 2.05) is 24.3 Å². The molecule has 1 heterocycles. The van der Waals surface area contributed by atoms with Gasteiger partial charge in [0.25, 0.3) is 6.47 Å². The van der Waals surface area contributed by atoms with Gasteiger partial charge in [0.2, 0.25) is 10.0 Å². The number of fused-ring (bicyclic) bond motifs is 1. The fraction of sp³-hybridized carbons (Fsp3) is 0.130. The van der Waals surface area contributed by atoms with E-state index in [-0.39, 0.29) is 12.4 Å². The predicted octanol–water partition coefficient (Wildman–Crippen LogP) is 4.89. The van der Waals surface area contributed by atoms with Crippen LogP contribution in [0.1, 0.15) is 16.7 Å². The molecular weight excluding hydrogens is 432 g/mol. The van der Waals surface area contributed by atoms with E-state index in [9.17, 15) is 13.2 Å². The normalized spacial score (nSPS) is 11.4. The molecule has 0 fully saturated rings. The van der Waals surface area contributed by atoms with Crippen molar-refractivity contribution in [1.82, 2.24) is 4.98 Å². The van der Waals surface area contributed by atoms with Crippen LogP contribution in [0, 0.1) is 6.92 Å². The lowest BCUT2D eigenvalue weighted by atomic mass is 10.2. The van der Waals surface area contributed by atoms with E-state index in [1.54, 1.807) is 47.7 Å². The molecule has 0 aliphatic rings. The van der Waals surface area contributed by atoms with Crippen LogP contribution in [0.5, 0.6) is 0 Å². The number of anilines is 1. The highest BCUT2D eigenvalue weighted by Crippen LogP contribution is 2.31. The average molecular weight is 453 g/mol. The Morgan fingerprint density at radius 3 is 2.42 bits per heavy atom. The first kappa shape index (κ1) is 21.0. The smallest absolute Gasteiger partial charge is 0.293 e. The van der Waals surface area contributed by atoms with Crippen molar-refractivity contribution in [1.29, 1.82) is 0 Å². The number of sulfonamides is 1. The van der Waals surface area contributed by atoms with Crippen molar-refractivity contribution in [2.75, 3.05) is 4.72 Å². The number of thiazole rings is 1. The summed E-state index contributed by atoms with van der Waals surface area (Å²) in [5.41, 5.74) is 5.02. The Labute approximate surface area is 184 Å². The number of hydrogen-bond donors (Lipinski definition) is 1. The Balaban J connectivity index is 1.44. The number of nitrogens with one attached hydrogen (secondary N) is 1. The summed E-state index contributed by atoms with van der Waals surface area (Å²) in [5, 5.41) is 0.897. The van der Waals surface area contributed by atoms with Crippen molar-refractivity contribution >= 4 is 43.7 Å². The third-order valence-electron chi connectivity index (χ3n) is 4.65. The van der Waals surface area contributed by atoms with Gasteiger partial charge in [-0.2, -0.15) is 0 Å².